The van der Waals surface area contributed by atoms with Crippen LogP contribution in [0, 0.1) is 29.6 Å². The molecule has 3 nitrogen and oxygen atoms in total. The summed E-state index contributed by atoms with van der Waals surface area (Å²) in [5, 5.41) is 3.14. The molecule has 0 aliphatic heterocycles. The van der Waals surface area contributed by atoms with Crippen molar-refractivity contribution in [2.45, 2.75) is 38.1 Å². The highest BCUT2D eigenvalue weighted by Gasteiger charge is 2.48. The third kappa shape index (κ3) is 2.02. The highest BCUT2D eigenvalue weighted by Crippen LogP contribution is 2.53. The summed E-state index contributed by atoms with van der Waals surface area (Å²) in [6, 6.07) is 4.66. The third-order valence-corrected chi connectivity index (χ3v) is 5.47. The SMILES string of the molecule is O=C(NC1C2CC3CC(C2)CC1C3)c1cccc(F)n1. The molecule has 106 valence electrons. The fourth-order valence-corrected chi connectivity index (χ4v) is 4.92. The third-order valence-electron chi connectivity index (χ3n) is 5.47. The Morgan fingerprint density at radius 1 is 1.10 bits per heavy atom. The van der Waals surface area contributed by atoms with E-state index in [-0.39, 0.29) is 17.6 Å². The molecule has 0 radical (unpaired) electrons. The molecular formula is C16H19FN2O. The van der Waals surface area contributed by atoms with Gasteiger partial charge in [-0.3, -0.25) is 4.79 Å². The lowest BCUT2D eigenvalue weighted by Gasteiger charge is -2.54. The molecule has 4 bridgehead atoms. The molecule has 0 saturated heterocycles. The summed E-state index contributed by atoms with van der Waals surface area (Å²) in [7, 11) is 0. The zero-order chi connectivity index (χ0) is 13.7. The molecule has 20 heavy (non-hydrogen) atoms. The number of amides is 1. The highest BCUT2D eigenvalue weighted by molar-refractivity contribution is 5.92. The first-order valence-corrected chi connectivity index (χ1v) is 7.62. The smallest absolute Gasteiger partial charge is 0.270 e. The second-order valence-electron chi connectivity index (χ2n) is 6.78. The number of carbonyl (C=O) groups is 1. The largest absolute Gasteiger partial charge is 0.347 e. The zero-order valence-electron chi connectivity index (χ0n) is 11.4. The highest BCUT2D eigenvalue weighted by atomic mass is 19.1. The van der Waals surface area contributed by atoms with E-state index in [1.165, 1.54) is 44.2 Å². The Balaban J connectivity index is 1.50. The molecule has 1 N–H and O–H groups in total. The number of aromatic nitrogens is 1. The van der Waals surface area contributed by atoms with Crippen LogP contribution in [0.5, 0.6) is 0 Å². The van der Waals surface area contributed by atoms with Gasteiger partial charge in [-0.15, -0.1) is 0 Å². The predicted octanol–water partition coefficient (Wildman–Crippen LogP) is 2.78. The Labute approximate surface area is 118 Å². The van der Waals surface area contributed by atoms with Crippen LogP contribution in [0.2, 0.25) is 0 Å². The Hall–Kier alpha value is -1.45. The molecule has 1 amide bonds. The summed E-state index contributed by atoms with van der Waals surface area (Å²) >= 11 is 0. The average Bonchev–Trinajstić information content (AvgIpc) is 2.42. The van der Waals surface area contributed by atoms with Gasteiger partial charge in [-0.05, 0) is 67.9 Å². The fraction of sp³-hybridized carbons (Fsp3) is 0.625. The number of rotatable bonds is 2. The van der Waals surface area contributed by atoms with E-state index in [1.807, 2.05) is 0 Å². The van der Waals surface area contributed by atoms with Crippen molar-refractivity contribution in [3.05, 3.63) is 29.8 Å². The number of nitrogens with zero attached hydrogens (tertiary/aromatic N) is 1. The number of halogens is 1. The van der Waals surface area contributed by atoms with Crippen LogP contribution in [0.25, 0.3) is 0 Å². The molecule has 1 aromatic heterocycles. The van der Waals surface area contributed by atoms with Gasteiger partial charge in [0.2, 0.25) is 5.95 Å². The molecule has 0 atom stereocenters. The predicted molar refractivity (Wildman–Crippen MR) is 72.5 cm³/mol. The monoisotopic (exact) mass is 274 g/mol. The first-order chi connectivity index (χ1) is 9.69. The lowest BCUT2D eigenvalue weighted by molar-refractivity contribution is -0.0120. The van der Waals surface area contributed by atoms with Crippen molar-refractivity contribution in [1.82, 2.24) is 10.3 Å². The van der Waals surface area contributed by atoms with E-state index in [1.54, 1.807) is 6.07 Å². The molecular weight excluding hydrogens is 255 g/mol. The zero-order valence-corrected chi connectivity index (χ0v) is 11.4. The van der Waals surface area contributed by atoms with Crippen LogP contribution in [-0.4, -0.2) is 16.9 Å². The summed E-state index contributed by atoms with van der Waals surface area (Å²) in [5.41, 5.74) is 0.193. The van der Waals surface area contributed by atoms with Crippen LogP contribution in [0.1, 0.15) is 42.6 Å². The summed E-state index contributed by atoms with van der Waals surface area (Å²) < 4.78 is 13.1. The summed E-state index contributed by atoms with van der Waals surface area (Å²) in [6.07, 6.45) is 6.44. The maximum Gasteiger partial charge on any atom is 0.270 e. The Bertz CT molecular complexity index is 517. The van der Waals surface area contributed by atoms with Gasteiger partial charge < -0.3 is 5.32 Å². The second-order valence-corrected chi connectivity index (χ2v) is 6.78. The normalized spacial score (nSPS) is 38.0. The summed E-state index contributed by atoms with van der Waals surface area (Å²) in [4.78, 5) is 15.9. The van der Waals surface area contributed by atoms with Crippen molar-refractivity contribution in [3.8, 4) is 0 Å². The molecule has 4 heteroatoms. The van der Waals surface area contributed by atoms with Crippen molar-refractivity contribution >= 4 is 5.91 Å². The van der Waals surface area contributed by atoms with E-state index in [2.05, 4.69) is 10.3 Å². The van der Waals surface area contributed by atoms with Crippen LogP contribution in [-0.2, 0) is 0 Å². The van der Waals surface area contributed by atoms with Gasteiger partial charge in [-0.2, -0.15) is 4.39 Å². The van der Waals surface area contributed by atoms with Crippen molar-refractivity contribution in [1.29, 1.82) is 0 Å². The molecule has 4 saturated carbocycles. The van der Waals surface area contributed by atoms with Gasteiger partial charge >= 0.3 is 0 Å². The average molecular weight is 274 g/mol. The lowest BCUT2D eigenvalue weighted by atomic mass is 9.54. The van der Waals surface area contributed by atoms with Crippen LogP contribution >= 0.6 is 0 Å². The van der Waals surface area contributed by atoms with Gasteiger partial charge in [0, 0.05) is 6.04 Å². The van der Waals surface area contributed by atoms with Gasteiger partial charge in [0.1, 0.15) is 5.69 Å². The van der Waals surface area contributed by atoms with Crippen LogP contribution in [0.3, 0.4) is 0 Å². The van der Waals surface area contributed by atoms with E-state index in [4.69, 9.17) is 0 Å². The van der Waals surface area contributed by atoms with E-state index >= 15 is 0 Å². The number of pyridine rings is 1. The number of hydrogen-bond donors (Lipinski definition) is 1. The van der Waals surface area contributed by atoms with Gasteiger partial charge in [0.15, 0.2) is 0 Å². The molecule has 0 spiro atoms. The van der Waals surface area contributed by atoms with Crippen LogP contribution < -0.4 is 5.32 Å². The topological polar surface area (TPSA) is 42.0 Å². The minimum absolute atomic E-state index is 0.193. The minimum Gasteiger partial charge on any atom is -0.347 e. The fourth-order valence-electron chi connectivity index (χ4n) is 4.92. The quantitative estimate of drug-likeness (QED) is 0.843. The molecule has 0 unspecified atom stereocenters. The van der Waals surface area contributed by atoms with Crippen LogP contribution in [0.4, 0.5) is 4.39 Å². The number of hydrogen-bond acceptors (Lipinski definition) is 2. The van der Waals surface area contributed by atoms with Crippen molar-refractivity contribution in [3.63, 3.8) is 0 Å². The van der Waals surface area contributed by atoms with Gasteiger partial charge in [0.05, 0.1) is 0 Å². The second kappa shape index (κ2) is 4.54. The van der Waals surface area contributed by atoms with Crippen LogP contribution in [0.15, 0.2) is 18.2 Å². The molecule has 5 rings (SSSR count). The summed E-state index contributed by atoms with van der Waals surface area (Å²) in [6.45, 7) is 0. The van der Waals surface area contributed by atoms with E-state index < -0.39 is 5.95 Å². The van der Waals surface area contributed by atoms with Gasteiger partial charge in [-0.1, -0.05) is 6.07 Å². The first kappa shape index (κ1) is 12.3. The summed E-state index contributed by atoms with van der Waals surface area (Å²) in [5.74, 6) is 2.22. The van der Waals surface area contributed by atoms with E-state index in [0.717, 1.165) is 11.8 Å². The molecule has 0 aromatic carbocycles. The molecule has 1 heterocycles. The molecule has 4 aliphatic carbocycles. The first-order valence-electron chi connectivity index (χ1n) is 7.62. The van der Waals surface area contributed by atoms with Crippen molar-refractivity contribution in [2.24, 2.45) is 23.7 Å². The maximum absolute atomic E-state index is 13.1. The van der Waals surface area contributed by atoms with Gasteiger partial charge in [0.25, 0.3) is 5.91 Å². The van der Waals surface area contributed by atoms with E-state index in [9.17, 15) is 9.18 Å². The standard InChI is InChI=1S/C16H19FN2O/c17-14-3-1-2-13(18-14)16(20)19-15-11-5-9-4-10(7-11)8-12(15)6-9/h1-3,9-12,15H,4-8H2,(H,19,20). The molecule has 1 aromatic rings. The Kier molecular flexibility index (Phi) is 2.79. The lowest BCUT2D eigenvalue weighted by Crippen LogP contribution is -2.55. The van der Waals surface area contributed by atoms with Crippen molar-refractivity contribution in [2.75, 3.05) is 0 Å². The molecule has 4 aliphatic rings. The maximum atomic E-state index is 13.1. The number of carbonyl (C=O) groups excluding carboxylic acids is 1. The minimum atomic E-state index is -0.595. The van der Waals surface area contributed by atoms with Gasteiger partial charge in [-0.25, -0.2) is 4.98 Å². The Morgan fingerprint density at radius 2 is 1.75 bits per heavy atom. The molecule has 4 fully saturated rings. The van der Waals surface area contributed by atoms with Crippen molar-refractivity contribution < 1.29 is 9.18 Å². The Morgan fingerprint density at radius 3 is 2.35 bits per heavy atom. The number of nitrogens with one attached hydrogen (secondary N) is 1. The van der Waals surface area contributed by atoms with E-state index in [0.29, 0.717) is 11.8 Å².